The summed E-state index contributed by atoms with van der Waals surface area (Å²) < 4.78 is 24.8. The molecule has 0 aliphatic carbocycles. The molecule has 2 nitrogen and oxygen atoms in total. The van der Waals surface area contributed by atoms with Gasteiger partial charge in [0.25, 0.3) is 6.43 Å². The number of carbonyl (C=O) groups is 1. The molecule has 0 aliphatic heterocycles. The molecule has 0 N–H and O–H groups in total. The van der Waals surface area contributed by atoms with E-state index in [0.717, 1.165) is 4.90 Å². The Hall–Kier alpha value is -0.390. The fraction of sp³-hybridized carbons (Fsp3) is 0.417. The van der Waals surface area contributed by atoms with Gasteiger partial charge in [0.05, 0.1) is 23.0 Å². The van der Waals surface area contributed by atoms with E-state index in [2.05, 4.69) is 15.9 Å². The normalized spacial score (nSPS) is 10.8. The summed E-state index contributed by atoms with van der Waals surface area (Å²) in [5.41, 5.74) is 0.647. The molecule has 1 aromatic carbocycles. The van der Waals surface area contributed by atoms with Gasteiger partial charge in [0.2, 0.25) is 5.91 Å². The highest BCUT2D eigenvalue weighted by atomic mass is 79.9. The lowest BCUT2D eigenvalue weighted by molar-refractivity contribution is -0.132. The molecule has 106 valence electrons. The molecule has 0 unspecified atom stereocenters. The van der Waals surface area contributed by atoms with Crippen molar-refractivity contribution >= 4 is 45.0 Å². The summed E-state index contributed by atoms with van der Waals surface area (Å²) in [7, 11) is 0. The molecule has 0 aliphatic rings. The number of rotatable bonds is 6. The molecule has 1 amide bonds. The number of hydrogen-bond acceptors (Lipinski definition) is 1. The molecule has 7 heteroatoms. The zero-order valence-corrected chi connectivity index (χ0v) is 13.0. The van der Waals surface area contributed by atoms with Crippen molar-refractivity contribution < 1.29 is 13.6 Å². The van der Waals surface area contributed by atoms with E-state index in [4.69, 9.17) is 23.2 Å². The monoisotopic (exact) mass is 373 g/mol. The van der Waals surface area contributed by atoms with Crippen LogP contribution in [0.3, 0.4) is 0 Å². The maximum Gasteiger partial charge on any atom is 0.255 e. The van der Waals surface area contributed by atoms with Crippen LogP contribution in [-0.4, -0.2) is 35.7 Å². The zero-order chi connectivity index (χ0) is 14.4. The van der Waals surface area contributed by atoms with E-state index in [1.807, 2.05) is 0 Å². The highest BCUT2D eigenvalue weighted by Crippen LogP contribution is 2.23. The maximum atomic E-state index is 12.4. The number of halogens is 5. The van der Waals surface area contributed by atoms with Crippen molar-refractivity contribution in [2.75, 3.05) is 18.4 Å². The zero-order valence-electron chi connectivity index (χ0n) is 9.88. The molecule has 0 saturated carbocycles. The lowest BCUT2D eigenvalue weighted by Gasteiger charge is -2.21. The van der Waals surface area contributed by atoms with Crippen molar-refractivity contribution in [3.63, 3.8) is 0 Å². The van der Waals surface area contributed by atoms with Crippen LogP contribution in [0.4, 0.5) is 8.78 Å². The first-order valence-electron chi connectivity index (χ1n) is 5.50. The van der Waals surface area contributed by atoms with Crippen molar-refractivity contribution in [1.29, 1.82) is 0 Å². The van der Waals surface area contributed by atoms with Gasteiger partial charge in [-0.15, -0.1) is 0 Å². The van der Waals surface area contributed by atoms with Crippen LogP contribution < -0.4 is 0 Å². The number of benzene rings is 1. The molecule has 0 radical (unpaired) electrons. The summed E-state index contributed by atoms with van der Waals surface area (Å²) in [5, 5.41) is 1.18. The molecular formula is C12H12BrCl2F2NO. The predicted octanol–water partition coefficient (Wildman–Crippen LogP) is 4.02. The van der Waals surface area contributed by atoms with E-state index in [1.165, 1.54) is 0 Å². The van der Waals surface area contributed by atoms with Crippen LogP contribution in [0.25, 0.3) is 0 Å². The van der Waals surface area contributed by atoms with Gasteiger partial charge in [0.15, 0.2) is 0 Å². The minimum Gasteiger partial charge on any atom is -0.336 e. The molecule has 0 bridgehead atoms. The van der Waals surface area contributed by atoms with Crippen molar-refractivity contribution in [3.8, 4) is 0 Å². The van der Waals surface area contributed by atoms with Crippen molar-refractivity contribution in [1.82, 2.24) is 4.90 Å². The summed E-state index contributed by atoms with van der Waals surface area (Å²) >= 11 is 14.7. The Labute approximate surface area is 128 Å². The average molecular weight is 375 g/mol. The second-order valence-corrected chi connectivity index (χ2v) is 5.45. The van der Waals surface area contributed by atoms with Gasteiger partial charge in [-0.05, 0) is 17.7 Å². The number of hydrogen-bond donors (Lipinski definition) is 0. The summed E-state index contributed by atoms with van der Waals surface area (Å²) in [4.78, 5) is 13.1. The molecule has 1 aromatic rings. The summed E-state index contributed by atoms with van der Waals surface area (Å²) in [5.74, 6) is -0.363. The summed E-state index contributed by atoms with van der Waals surface area (Å²) in [6.45, 7) is -0.323. The van der Waals surface area contributed by atoms with Crippen LogP contribution in [-0.2, 0) is 11.2 Å². The second kappa shape index (κ2) is 8.02. The summed E-state index contributed by atoms with van der Waals surface area (Å²) in [6.07, 6.45) is -2.52. The third-order valence-electron chi connectivity index (χ3n) is 2.40. The Bertz CT molecular complexity index is 446. The Morgan fingerprint density at radius 2 is 2.00 bits per heavy atom. The molecule has 19 heavy (non-hydrogen) atoms. The van der Waals surface area contributed by atoms with Crippen molar-refractivity contribution in [2.24, 2.45) is 0 Å². The first kappa shape index (κ1) is 16.7. The van der Waals surface area contributed by atoms with Gasteiger partial charge in [-0.2, -0.15) is 0 Å². The molecule has 0 atom stereocenters. The number of carbonyl (C=O) groups excluding carboxylic acids is 1. The predicted molar refractivity (Wildman–Crippen MR) is 76.5 cm³/mol. The van der Waals surface area contributed by atoms with Crippen LogP contribution in [0.15, 0.2) is 18.2 Å². The molecule has 0 aromatic heterocycles. The lowest BCUT2D eigenvalue weighted by atomic mass is 10.1. The largest absolute Gasteiger partial charge is 0.336 e. The quantitative estimate of drug-likeness (QED) is 0.688. The average Bonchev–Trinajstić information content (AvgIpc) is 2.33. The molecule has 0 fully saturated rings. The Balaban J connectivity index is 2.72. The van der Waals surface area contributed by atoms with E-state index >= 15 is 0 Å². The SMILES string of the molecule is O=C(Cc1ccc(Cl)c(Cl)c1)N(CCBr)CC(F)F. The van der Waals surface area contributed by atoms with E-state index in [1.54, 1.807) is 18.2 Å². The number of nitrogens with zero attached hydrogens (tertiary/aromatic N) is 1. The lowest BCUT2D eigenvalue weighted by Crippen LogP contribution is -2.37. The van der Waals surface area contributed by atoms with Crippen molar-refractivity contribution in [2.45, 2.75) is 12.8 Å². The smallest absolute Gasteiger partial charge is 0.255 e. The standard InChI is InChI=1S/C12H12BrCl2F2NO/c13-3-4-18(7-11(16)17)12(19)6-8-1-2-9(14)10(15)5-8/h1-2,5,11H,3-4,6-7H2. The van der Waals surface area contributed by atoms with Crippen LogP contribution in [0.5, 0.6) is 0 Å². The first-order valence-corrected chi connectivity index (χ1v) is 7.37. The second-order valence-electron chi connectivity index (χ2n) is 3.85. The van der Waals surface area contributed by atoms with E-state index in [-0.39, 0.29) is 18.9 Å². The van der Waals surface area contributed by atoms with Gasteiger partial charge in [0, 0.05) is 11.9 Å². The highest BCUT2D eigenvalue weighted by Gasteiger charge is 2.18. The van der Waals surface area contributed by atoms with Crippen LogP contribution >= 0.6 is 39.1 Å². The van der Waals surface area contributed by atoms with E-state index in [0.29, 0.717) is 20.9 Å². The van der Waals surface area contributed by atoms with Gasteiger partial charge < -0.3 is 4.90 Å². The molecular weight excluding hydrogens is 363 g/mol. The van der Waals surface area contributed by atoms with Gasteiger partial charge in [-0.25, -0.2) is 8.78 Å². The van der Waals surface area contributed by atoms with Crippen LogP contribution in [0.1, 0.15) is 5.56 Å². The molecule has 0 heterocycles. The molecule has 0 saturated heterocycles. The first-order chi connectivity index (χ1) is 8.93. The van der Waals surface area contributed by atoms with Crippen LogP contribution in [0, 0.1) is 0 Å². The number of alkyl halides is 3. The Kier molecular flexibility index (Phi) is 7.04. The molecule has 0 spiro atoms. The summed E-state index contributed by atoms with van der Waals surface area (Å²) in [6, 6.07) is 4.80. The van der Waals surface area contributed by atoms with Gasteiger partial charge >= 0.3 is 0 Å². The van der Waals surface area contributed by atoms with E-state index < -0.39 is 13.0 Å². The van der Waals surface area contributed by atoms with Gasteiger partial charge in [-0.1, -0.05) is 45.2 Å². The third kappa shape index (κ3) is 5.63. The fourth-order valence-electron chi connectivity index (χ4n) is 1.52. The minimum absolute atomic E-state index is 0.0244. The number of amides is 1. The third-order valence-corrected chi connectivity index (χ3v) is 3.50. The Morgan fingerprint density at radius 1 is 1.32 bits per heavy atom. The van der Waals surface area contributed by atoms with Crippen molar-refractivity contribution in [3.05, 3.63) is 33.8 Å². The fourth-order valence-corrected chi connectivity index (χ4v) is 2.27. The van der Waals surface area contributed by atoms with E-state index in [9.17, 15) is 13.6 Å². The van der Waals surface area contributed by atoms with Gasteiger partial charge in [0.1, 0.15) is 0 Å². The maximum absolute atomic E-state index is 12.4. The topological polar surface area (TPSA) is 20.3 Å². The molecule has 1 rings (SSSR count). The van der Waals surface area contributed by atoms with Crippen LogP contribution in [0.2, 0.25) is 10.0 Å². The minimum atomic E-state index is -2.54. The van der Waals surface area contributed by atoms with Gasteiger partial charge in [-0.3, -0.25) is 4.79 Å². The highest BCUT2D eigenvalue weighted by molar-refractivity contribution is 9.09. The Morgan fingerprint density at radius 3 is 2.53 bits per heavy atom.